The number of aliphatic hydroxyl groups excluding tert-OH is 1. The largest absolute Gasteiger partial charge is 0.493 e. The summed E-state index contributed by atoms with van der Waals surface area (Å²) < 4.78 is 11.5. The van der Waals surface area contributed by atoms with Crippen molar-refractivity contribution in [2.75, 3.05) is 14.2 Å². The third-order valence-electron chi connectivity index (χ3n) is 2.87. The van der Waals surface area contributed by atoms with Gasteiger partial charge in [0, 0.05) is 4.88 Å². The van der Waals surface area contributed by atoms with Crippen LogP contribution < -0.4 is 9.47 Å². The van der Waals surface area contributed by atoms with Gasteiger partial charge in [-0.25, -0.2) is 0 Å². The summed E-state index contributed by atoms with van der Waals surface area (Å²) in [4.78, 5) is 0.900. The highest BCUT2D eigenvalue weighted by atomic mass is 79.9. The van der Waals surface area contributed by atoms with Gasteiger partial charge in [0.25, 0.3) is 0 Å². The average molecular weight is 343 g/mol. The number of halogens is 1. The molecule has 0 aliphatic rings. The van der Waals surface area contributed by atoms with Crippen LogP contribution in [0.25, 0.3) is 0 Å². The van der Waals surface area contributed by atoms with E-state index in [9.17, 15) is 5.11 Å². The third-order valence-corrected chi connectivity index (χ3v) is 5.06. The number of thiophene rings is 1. The lowest BCUT2D eigenvalue weighted by atomic mass is 10.1. The second-order valence-electron chi connectivity index (χ2n) is 4.12. The van der Waals surface area contributed by atoms with Crippen molar-refractivity contribution in [2.24, 2.45) is 0 Å². The number of rotatable bonds is 4. The number of hydrogen-bond acceptors (Lipinski definition) is 4. The Bertz CT molecular complexity index is 561. The molecule has 1 aromatic heterocycles. The monoisotopic (exact) mass is 342 g/mol. The lowest BCUT2D eigenvalue weighted by Gasteiger charge is -2.13. The summed E-state index contributed by atoms with van der Waals surface area (Å²) >= 11 is 5.01. The van der Waals surface area contributed by atoms with E-state index in [4.69, 9.17) is 9.47 Å². The summed E-state index contributed by atoms with van der Waals surface area (Å²) in [5, 5.41) is 10.4. The molecule has 0 saturated heterocycles. The molecular weight excluding hydrogens is 328 g/mol. The summed E-state index contributed by atoms with van der Waals surface area (Å²) in [7, 11) is 3.17. The Labute approximate surface area is 124 Å². The lowest BCUT2D eigenvalue weighted by molar-refractivity contribution is 0.223. The highest BCUT2D eigenvalue weighted by Crippen LogP contribution is 2.37. The number of hydrogen-bond donors (Lipinski definition) is 1. The van der Waals surface area contributed by atoms with E-state index in [2.05, 4.69) is 15.9 Å². The van der Waals surface area contributed by atoms with E-state index in [1.54, 1.807) is 26.4 Å². The Morgan fingerprint density at radius 2 is 1.84 bits per heavy atom. The molecule has 0 aliphatic carbocycles. The standard InChI is InChI=1S/C14H15BrO3S/c1-8-6-12(19-14(8)15)13(16)9-4-5-10(17-2)11(7-9)18-3/h4-7,13,16H,1-3H3. The zero-order valence-electron chi connectivity index (χ0n) is 10.9. The van der Waals surface area contributed by atoms with Crippen molar-refractivity contribution in [3.8, 4) is 11.5 Å². The predicted molar refractivity (Wildman–Crippen MR) is 80.4 cm³/mol. The summed E-state index contributed by atoms with van der Waals surface area (Å²) in [6.07, 6.45) is -0.658. The molecule has 2 aromatic rings. The van der Waals surface area contributed by atoms with E-state index in [-0.39, 0.29) is 0 Å². The minimum atomic E-state index is -0.658. The topological polar surface area (TPSA) is 38.7 Å². The van der Waals surface area contributed by atoms with Crippen LogP contribution >= 0.6 is 27.3 Å². The van der Waals surface area contributed by atoms with Crippen LogP contribution in [0.1, 0.15) is 22.1 Å². The fourth-order valence-corrected chi connectivity index (χ4v) is 3.39. The Morgan fingerprint density at radius 1 is 1.16 bits per heavy atom. The van der Waals surface area contributed by atoms with Crippen LogP contribution in [0.5, 0.6) is 11.5 Å². The molecular formula is C14H15BrO3S. The molecule has 1 atom stereocenters. The zero-order valence-corrected chi connectivity index (χ0v) is 13.3. The molecule has 0 spiro atoms. The Balaban J connectivity index is 2.35. The first-order valence-electron chi connectivity index (χ1n) is 5.72. The van der Waals surface area contributed by atoms with Gasteiger partial charge in [0.15, 0.2) is 11.5 Å². The molecule has 1 heterocycles. The Morgan fingerprint density at radius 3 is 2.37 bits per heavy atom. The fraction of sp³-hybridized carbons (Fsp3) is 0.286. The van der Waals surface area contributed by atoms with Gasteiger partial charge < -0.3 is 14.6 Å². The number of aryl methyl sites for hydroxylation is 1. The molecule has 0 saturated carbocycles. The number of aliphatic hydroxyl groups is 1. The maximum Gasteiger partial charge on any atom is 0.161 e. The van der Waals surface area contributed by atoms with Crippen molar-refractivity contribution in [2.45, 2.75) is 13.0 Å². The quantitative estimate of drug-likeness (QED) is 0.915. The van der Waals surface area contributed by atoms with Gasteiger partial charge in [-0.05, 0) is 52.2 Å². The van der Waals surface area contributed by atoms with Crippen molar-refractivity contribution in [3.63, 3.8) is 0 Å². The molecule has 0 fully saturated rings. The van der Waals surface area contributed by atoms with Gasteiger partial charge in [-0.2, -0.15) is 0 Å². The molecule has 0 amide bonds. The molecule has 3 nitrogen and oxygen atoms in total. The molecule has 19 heavy (non-hydrogen) atoms. The van der Waals surface area contributed by atoms with E-state index >= 15 is 0 Å². The van der Waals surface area contributed by atoms with Crippen LogP contribution in [0.4, 0.5) is 0 Å². The van der Waals surface area contributed by atoms with E-state index < -0.39 is 6.10 Å². The first-order valence-corrected chi connectivity index (χ1v) is 7.33. The zero-order chi connectivity index (χ0) is 14.0. The summed E-state index contributed by atoms with van der Waals surface area (Å²) in [6, 6.07) is 7.42. The van der Waals surface area contributed by atoms with Crippen LogP contribution in [-0.4, -0.2) is 19.3 Å². The predicted octanol–water partition coefficient (Wildman–Crippen LogP) is 3.92. The molecule has 0 radical (unpaired) electrons. The summed E-state index contributed by atoms with van der Waals surface area (Å²) in [5.74, 6) is 1.27. The van der Waals surface area contributed by atoms with Gasteiger partial charge in [0.2, 0.25) is 0 Å². The highest BCUT2D eigenvalue weighted by Gasteiger charge is 2.16. The third kappa shape index (κ3) is 2.94. The second-order valence-corrected chi connectivity index (χ2v) is 6.52. The van der Waals surface area contributed by atoms with E-state index in [1.165, 1.54) is 11.3 Å². The van der Waals surface area contributed by atoms with Crippen LogP contribution in [0.15, 0.2) is 28.1 Å². The Kier molecular flexibility index (Phi) is 4.50. The van der Waals surface area contributed by atoms with Gasteiger partial charge >= 0.3 is 0 Å². The van der Waals surface area contributed by atoms with Crippen molar-refractivity contribution in [1.29, 1.82) is 0 Å². The van der Waals surface area contributed by atoms with Gasteiger partial charge in [-0.1, -0.05) is 6.07 Å². The van der Waals surface area contributed by atoms with E-state index in [0.717, 1.165) is 19.8 Å². The van der Waals surface area contributed by atoms with Gasteiger partial charge in [0.1, 0.15) is 6.10 Å². The van der Waals surface area contributed by atoms with Gasteiger partial charge in [-0.15, -0.1) is 11.3 Å². The maximum atomic E-state index is 10.4. The lowest BCUT2D eigenvalue weighted by Crippen LogP contribution is -1.99. The van der Waals surface area contributed by atoms with Crippen LogP contribution in [0, 0.1) is 6.92 Å². The Hall–Kier alpha value is -1.04. The maximum absolute atomic E-state index is 10.4. The van der Waals surface area contributed by atoms with Crippen molar-refractivity contribution in [1.82, 2.24) is 0 Å². The van der Waals surface area contributed by atoms with E-state index in [0.29, 0.717) is 11.5 Å². The minimum absolute atomic E-state index is 0.617. The average Bonchev–Trinajstić information content (AvgIpc) is 2.77. The van der Waals surface area contributed by atoms with E-state index in [1.807, 2.05) is 19.1 Å². The molecule has 0 bridgehead atoms. The first-order chi connectivity index (χ1) is 9.06. The highest BCUT2D eigenvalue weighted by molar-refractivity contribution is 9.11. The van der Waals surface area contributed by atoms with Crippen LogP contribution in [0.3, 0.4) is 0 Å². The smallest absolute Gasteiger partial charge is 0.161 e. The molecule has 5 heteroatoms. The number of ether oxygens (including phenoxy) is 2. The first kappa shape index (κ1) is 14.4. The number of methoxy groups -OCH3 is 2. The van der Waals surface area contributed by atoms with Crippen molar-refractivity contribution in [3.05, 3.63) is 44.1 Å². The van der Waals surface area contributed by atoms with Gasteiger partial charge in [0.05, 0.1) is 18.0 Å². The van der Waals surface area contributed by atoms with Crippen LogP contribution in [0.2, 0.25) is 0 Å². The molecule has 1 N–H and O–H groups in total. The van der Waals surface area contributed by atoms with Crippen molar-refractivity contribution < 1.29 is 14.6 Å². The second kappa shape index (κ2) is 5.94. The number of benzene rings is 1. The SMILES string of the molecule is COc1ccc(C(O)c2cc(C)c(Br)s2)cc1OC. The fourth-order valence-electron chi connectivity index (χ4n) is 1.81. The normalized spacial score (nSPS) is 12.3. The summed E-state index contributed by atoms with van der Waals surface area (Å²) in [5.41, 5.74) is 1.91. The van der Waals surface area contributed by atoms with Crippen LogP contribution in [-0.2, 0) is 0 Å². The van der Waals surface area contributed by atoms with Gasteiger partial charge in [-0.3, -0.25) is 0 Å². The minimum Gasteiger partial charge on any atom is -0.493 e. The molecule has 2 rings (SSSR count). The molecule has 102 valence electrons. The van der Waals surface area contributed by atoms with Crippen molar-refractivity contribution >= 4 is 27.3 Å². The molecule has 1 unspecified atom stereocenters. The summed E-state index contributed by atoms with van der Waals surface area (Å²) in [6.45, 7) is 2.01. The molecule has 0 aliphatic heterocycles. The molecule has 1 aromatic carbocycles.